The number of rotatable bonds is 3. The molecule has 0 N–H and O–H groups in total. The van der Waals surface area contributed by atoms with Crippen LogP contribution in [0.25, 0.3) is 5.65 Å². The molecule has 0 atom stereocenters. The van der Waals surface area contributed by atoms with E-state index in [1.165, 1.54) is 31.6 Å². The average molecular weight is 391 g/mol. The lowest BCUT2D eigenvalue weighted by atomic mass is 10.3. The fraction of sp³-hybridized carbons (Fsp3) is 0.133. The van der Waals surface area contributed by atoms with Crippen molar-refractivity contribution in [2.75, 3.05) is 7.11 Å². The monoisotopic (exact) mass is 390 g/mol. The van der Waals surface area contributed by atoms with Gasteiger partial charge in [-0.25, -0.2) is 13.4 Å². The lowest BCUT2D eigenvalue weighted by Gasteiger charge is -2.13. The Balaban J connectivity index is 2.33. The van der Waals surface area contributed by atoms with Gasteiger partial charge < -0.3 is 9.14 Å². The van der Waals surface area contributed by atoms with E-state index in [1.54, 1.807) is 0 Å². The average Bonchev–Trinajstić information content (AvgIpc) is 3.01. The molecule has 132 valence electrons. The summed E-state index contributed by atoms with van der Waals surface area (Å²) in [4.78, 5) is 2.89. The van der Waals surface area contributed by atoms with Crippen molar-refractivity contribution in [2.24, 2.45) is 0 Å². The molecule has 0 saturated carbocycles. The molecule has 0 radical (unpaired) electrons. The predicted molar refractivity (Wildman–Crippen MR) is 83.6 cm³/mol. The van der Waals surface area contributed by atoms with Crippen LogP contribution in [0.5, 0.6) is 5.75 Å². The smallest absolute Gasteiger partial charge is 0.417 e. The number of hydrogen-bond acceptors (Lipinski definition) is 4. The molecular weight excluding hydrogens is 381 g/mol. The summed E-state index contributed by atoms with van der Waals surface area (Å²) in [6, 6.07) is 4.44. The van der Waals surface area contributed by atoms with E-state index in [4.69, 9.17) is 16.3 Å². The van der Waals surface area contributed by atoms with Crippen LogP contribution in [0.1, 0.15) is 5.56 Å². The molecule has 2 aromatic heterocycles. The Morgan fingerprint density at radius 3 is 2.56 bits per heavy atom. The Hall–Kier alpha value is -2.26. The van der Waals surface area contributed by atoms with Crippen LogP contribution in [0, 0.1) is 0 Å². The van der Waals surface area contributed by atoms with Crippen molar-refractivity contribution in [2.45, 2.75) is 16.0 Å². The normalized spacial score (nSPS) is 12.5. The number of halogens is 4. The highest BCUT2D eigenvalue weighted by molar-refractivity contribution is 7.91. The number of methoxy groups -OCH3 is 1. The van der Waals surface area contributed by atoms with Gasteiger partial charge in [-0.1, -0.05) is 11.6 Å². The van der Waals surface area contributed by atoms with Crippen molar-refractivity contribution in [3.8, 4) is 5.75 Å². The molecule has 0 aliphatic heterocycles. The van der Waals surface area contributed by atoms with Gasteiger partial charge in [-0.3, -0.25) is 0 Å². The van der Waals surface area contributed by atoms with E-state index in [-0.39, 0.29) is 21.3 Å². The van der Waals surface area contributed by atoms with Crippen LogP contribution < -0.4 is 4.74 Å². The molecule has 0 amide bonds. The third kappa shape index (κ3) is 3.05. The zero-order valence-electron chi connectivity index (χ0n) is 12.6. The lowest BCUT2D eigenvalue weighted by Crippen LogP contribution is -2.11. The fourth-order valence-electron chi connectivity index (χ4n) is 2.29. The molecule has 0 unspecified atom stereocenters. The van der Waals surface area contributed by atoms with Gasteiger partial charge >= 0.3 is 6.18 Å². The predicted octanol–water partition coefficient (Wildman–Crippen LogP) is 3.85. The van der Waals surface area contributed by atoms with Crippen molar-refractivity contribution in [3.05, 3.63) is 53.4 Å². The second-order valence-corrected chi connectivity index (χ2v) is 7.34. The summed E-state index contributed by atoms with van der Waals surface area (Å²) in [6.45, 7) is 0. The highest BCUT2D eigenvalue weighted by Crippen LogP contribution is 2.36. The first-order valence-corrected chi connectivity index (χ1v) is 8.63. The third-order valence-corrected chi connectivity index (χ3v) is 5.74. The second kappa shape index (κ2) is 5.92. The standard InChI is InChI=1S/C15H10ClF3N2O3S/c1-24-10-2-3-11(16)12(7-10)25(22,23)13-6-9(15(17,18)19)8-21-5-4-20-14(13)21/h2-8H,1H3. The maximum atomic E-state index is 13.1. The number of hydrogen-bond donors (Lipinski definition) is 0. The molecule has 0 aliphatic rings. The van der Waals surface area contributed by atoms with Crippen molar-refractivity contribution in [1.29, 1.82) is 0 Å². The van der Waals surface area contributed by atoms with Crippen molar-refractivity contribution in [1.82, 2.24) is 9.38 Å². The number of nitrogens with zero attached hydrogens (tertiary/aromatic N) is 2. The molecule has 0 fully saturated rings. The summed E-state index contributed by atoms with van der Waals surface area (Å²) in [5.41, 5.74) is -1.25. The number of aromatic nitrogens is 2. The molecular formula is C15H10ClF3N2O3S. The second-order valence-electron chi connectivity index (χ2n) is 5.05. The Morgan fingerprint density at radius 1 is 1.20 bits per heavy atom. The van der Waals surface area contributed by atoms with Crippen LogP contribution in [0.4, 0.5) is 13.2 Å². The SMILES string of the molecule is COc1ccc(Cl)c(S(=O)(=O)c2cc(C(F)(F)F)cn3ccnc23)c1. The largest absolute Gasteiger partial charge is 0.497 e. The van der Waals surface area contributed by atoms with E-state index in [9.17, 15) is 21.6 Å². The minimum absolute atomic E-state index is 0.133. The van der Waals surface area contributed by atoms with E-state index >= 15 is 0 Å². The van der Waals surface area contributed by atoms with E-state index < -0.39 is 26.5 Å². The van der Waals surface area contributed by atoms with Crippen LogP contribution in [0.2, 0.25) is 5.02 Å². The first-order valence-electron chi connectivity index (χ1n) is 6.77. The van der Waals surface area contributed by atoms with Gasteiger partial charge in [0.2, 0.25) is 9.84 Å². The van der Waals surface area contributed by atoms with Gasteiger partial charge in [0.15, 0.2) is 5.65 Å². The summed E-state index contributed by atoms with van der Waals surface area (Å²) < 4.78 is 71.2. The Labute approximate surface area is 145 Å². The Bertz CT molecular complexity index is 1060. The van der Waals surface area contributed by atoms with E-state index in [2.05, 4.69) is 4.98 Å². The van der Waals surface area contributed by atoms with Crippen LogP contribution >= 0.6 is 11.6 Å². The summed E-state index contributed by atoms with van der Waals surface area (Å²) in [7, 11) is -3.05. The van der Waals surface area contributed by atoms with Gasteiger partial charge in [-0.05, 0) is 18.2 Å². The lowest BCUT2D eigenvalue weighted by molar-refractivity contribution is -0.138. The van der Waals surface area contributed by atoms with Gasteiger partial charge in [-0.2, -0.15) is 13.2 Å². The van der Waals surface area contributed by atoms with Crippen LogP contribution in [0.3, 0.4) is 0 Å². The van der Waals surface area contributed by atoms with Gasteiger partial charge in [0, 0.05) is 24.7 Å². The third-order valence-electron chi connectivity index (χ3n) is 3.50. The number of benzene rings is 1. The minimum atomic E-state index is -4.72. The number of alkyl halides is 3. The summed E-state index contributed by atoms with van der Waals surface area (Å²) in [6.07, 6.45) is -1.51. The molecule has 0 bridgehead atoms. The first kappa shape index (κ1) is 17.6. The number of fused-ring (bicyclic) bond motifs is 1. The topological polar surface area (TPSA) is 60.7 Å². The quantitative estimate of drug-likeness (QED) is 0.681. The number of sulfone groups is 1. The van der Waals surface area contributed by atoms with Crippen molar-refractivity contribution < 1.29 is 26.3 Å². The molecule has 1 aromatic carbocycles. The zero-order chi connectivity index (χ0) is 18.4. The Kier molecular flexibility index (Phi) is 4.16. The summed E-state index contributed by atoms with van der Waals surface area (Å²) >= 11 is 5.96. The molecule has 3 rings (SSSR count). The van der Waals surface area contributed by atoms with Gasteiger partial charge in [0.05, 0.1) is 22.6 Å². The maximum absolute atomic E-state index is 13.1. The molecule has 2 heterocycles. The molecule has 0 spiro atoms. The van der Waals surface area contributed by atoms with Gasteiger partial charge in [0.25, 0.3) is 0 Å². The van der Waals surface area contributed by atoms with Crippen molar-refractivity contribution in [3.63, 3.8) is 0 Å². The molecule has 3 aromatic rings. The molecule has 0 aliphatic carbocycles. The first-order chi connectivity index (χ1) is 11.6. The van der Waals surface area contributed by atoms with Crippen LogP contribution in [-0.2, 0) is 16.0 Å². The van der Waals surface area contributed by atoms with Crippen LogP contribution in [-0.4, -0.2) is 24.9 Å². The molecule has 0 saturated heterocycles. The number of pyridine rings is 1. The number of imidazole rings is 1. The number of ether oxygens (including phenoxy) is 1. The van der Waals surface area contributed by atoms with E-state index in [1.807, 2.05) is 0 Å². The minimum Gasteiger partial charge on any atom is -0.497 e. The summed E-state index contributed by atoms with van der Waals surface area (Å²) in [5, 5.41) is -0.136. The van der Waals surface area contributed by atoms with Gasteiger partial charge in [-0.15, -0.1) is 0 Å². The van der Waals surface area contributed by atoms with Crippen LogP contribution in [0.15, 0.2) is 52.6 Å². The van der Waals surface area contributed by atoms with E-state index in [0.717, 1.165) is 16.7 Å². The highest BCUT2D eigenvalue weighted by atomic mass is 35.5. The van der Waals surface area contributed by atoms with E-state index in [0.29, 0.717) is 6.07 Å². The maximum Gasteiger partial charge on any atom is 0.417 e. The fourth-order valence-corrected chi connectivity index (χ4v) is 4.22. The zero-order valence-corrected chi connectivity index (χ0v) is 14.2. The Morgan fingerprint density at radius 2 is 1.92 bits per heavy atom. The highest BCUT2D eigenvalue weighted by Gasteiger charge is 2.34. The molecule has 25 heavy (non-hydrogen) atoms. The van der Waals surface area contributed by atoms with Crippen molar-refractivity contribution >= 4 is 27.1 Å². The van der Waals surface area contributed by atoms with Gasteiger partial charge in [0.1, 0.15) is 10.6 Å². The molecule has 10 heteroatoms. The molecule has 5 nitrogen and oxygen atoms in total. The summed E-state index contributed by atoms with van der Waals surface area (Å²) in [5.74, 6) is 0.203.